The fourth-order valence-corrected chi connectivity index (χ4v) is 3.22. The van der Waals surface area contributed by atoms with E-state index in [2.05, 4.69) is 10.00 Å². The average molecular weight is 380 g/mol. The number of benzene rings is 1. The minimum absolute atomic E-state index is 0.0851. The minimum Gasteiger partial charge on any atom is -0.340 e. The summed E-state index contributed by atoms with van der Waals surface area (Å²) >= 11 is 0. The van der Waals surface area contributed by atoms with Crippen LogP contribution in [0.25, 0.3) is 0 Å². The second kappa shape index (κ2) is 8.12. The van der Waals surface area contributed by atoms with E-state index in [1.807, 2.05) is 18.0 Å². The number of nitrogens with zero attached hydrogens (tertiary/aromatic N) is 4. The molecular formula is C19H23F3N4O. The normalized spacial score (nSPS) is 15.9. The maximum Gasteiger partial charge on any atom is 0.416 e. The van der Waals surface area contributed by atoms with Gasteiger partial charge in [-0.15, -0.1) is 0 Å². The van der Waals surface area contributed by atoms with Gasteiger partial charge in [-0.25, -0.2) is 0 Å². The molecule has 2 heterocycles. The molecule has 0 saturated carbocycles. The maximum atomic E-state index is 12.8. The summed E-state index contributed by atoms with van der Waals surface area (Å²) in [7, 11) is 0. The molecule has 0 spiro atoms. The van der Waals surface area contributed by atoms with Crippen molar-refractivity contribution in [2.24, 2.45) is 0 Å². The number of hydrogen-bond donors (Lipinski definition) is 0. The lowest BCUT2D eigenvalue weighted by Gasteiger charge is -2.35. The minimum atomic E-state index is -4.33. The Balaban J connectivity index is 1.46. The van der Waals surface area contributed by atoms with Crippen LogP contribution in [0.3, 0.4) is 0 Å². The summed E-state index contributed by atoms with van der Waals surface area (Å²) < 4.78 is 40.2. The quantitative estimate of drug-likeness (QED) is 0.801. The summed E-state index contributed by atoms with van der Waals surface area (Å²) in [5, 5.41) is 4.17. The number of aromatic nitrogens is 2. The van der Waals surface area contributed by atoms with Crippen LogP contribution in [-0.4, -0.2) is 51.7 Å². The molecule has 146 valence electrons. The lowest BCUT2D eigenvalue weighted by Crippen LogP contribution is -2.48. The number of hydrogen-bond acceptors (Lipinski definition) is 3. The van der Waals surface area contributed by atoms with Gasteiger partial charge in [-0.1, -0.05) is 18.2 Å². The fraction of sp³-hybridized carbons (Fsp3) is 0.474. The van der Waals surface area contributed by atoms with Crippen molar-refractivity contribution >= 4 is 5.91 Å². The Morgan fingerprint density at radius 3 is 2.56 bits per heavy atom. The van der Waals surface area contributed by atoms with Crippen molar-refractivity contribution in [2.75, 3.05) is 26.2 Å². The van der Waals surface area contributed by atoms with E-state index >= 15 is 0 Å². The molecule has 1 fully saturated rings. The molecule has 0 N–H and O–H groups in total. The highest BCUT2D eigenvalue weighted by Crippen LogP contribution is 2.29. The van der Waals surface area contributed by atoms with E-state index < -0.39 is 11.7 Å². The smallest absolute Gasteiger partial charge is 0.340 e. The van der Waals surface area contributed by atoms with Gasteiger partial charge in [-0.2, -0.15) is 18.3 Å². The molecule has 0 aliphatic carbocycles. The van der Waals surface area contributed by atoms with E-state index in [0.29, 0.717) is 51.3 Å². The summed E-state index contributed by atoms with van der Waals surface area (Å²) in [4.78, 5) is 16.2. The number of piperazine rings is 1. The maximum absolute atomic E-state index is 12.8. The molecule has 1 amide bonds. The summed E-state index contributed by atoms with van der Waals surface area (Å²) in [6.07, 6.45) is -0.264. The summed E-state index contributed by atoms with van der Waals surface area (Å²) in [6.45, 7) is 5.46. The van der Waals surface area contributed by atoms with Crippen molar-refractivity contribution in [1.82, 2.24) is 19.6 Å². The Hall–Kier alpha value is -2.35. The average Bonchev–Trinajstić information content (AvgIpc) is 3.05. The third-order valence-corrected chi connectivity index (χ3v) is 4.70. The van der Waals surface area contributed by atoms with Gasteiger partial charge in [0.05, 0.1) is 11.8 Å². The highest BCUT2D eigenvalue weighted by Gasteiger charge is 2.30. The van der Waals surface area contributed by atoms with Crippen molar-refractivity contribution < 1.29 is 18.0 Å². The Labute approximate surface area is 156 Å². The first-order valence-corrected chi connectivity index (χ1v) is 8.96. The van der Waals surface area contributed by atoms with Gasteiger partial charge in [0.2, 0.25) is 5.91 Å². The van der Waals surface area contributed by atoms with Crippen molar-refractivity contribution in [1.29, 1.82) is 0 Å². The van der Waals surface area contributed by atoms with Crippen LogP contribution in [0.15, 0.2) is 36.7 Å². The van der Waals surface area contributed by atoms with Crippen molar-refractivity contribution in [3.05, 3.63) is 53.3 Å². The zero-order valence-corrected chi connectivity index (χ0v) is 15.2. The van der Waals surface area contributed by atoms with E-state index in [1.54, 1.807) is 16.9 Å². The number of alkyl halides is 3. The second-order valence-electron chi connectivity index (χ2n) is 6.89. The molecule has 27 heavy (non-hydrogen) atoms. The summed E-state index contributed by atoms with van der Waals surface area (Å²) in [5.41, 5.74) is 1.08. The second-order valence-corrected chi connectivity index (χ2v) is 6.89. The Morgan fingerprint density at radius 2 is 1.93 bits per heavy atom. The molecule has 0 unspecified atom stereocenters. The Bertz CT molecular complexity index is 779. The molecular weight excluding hydrogens is 357 g/mol. The first-order valence-electron chi connectivity index (χ1n) is 8.96. The first kappa shape index (κ1) is 19.4. The van der Waals surface area contributed by atoms with Crippen LogP contribution in [-0.2, 0) is 24.1 Å². The molecule has 1 saturated heterocycles. The van der Waals surface area contributed by atoms with Gasteiger partial charge in [0.1, 0.15) is 0 Å². The largest absolute Gasteiger partial charge is 0.416 e. The molecule has 1 aliphatic heterocycles. The molecule has 3 rings (SSSR count). The Morgan fingerprint density at radius 1 is 1.19 bits per heavy atom. The van der Waals surface area contributed by atoms with E-state index in [9.17, 15) is 18.0 Å². The van der Waals surface area contributed by atoms with Crippen molar-refractivity contribution in [3.8, 4) is 0 Å². The number of carbonyl (C=O) groups excluding carboxylic acids is 1. The van der Waals surface area contributed by atoms with E-state index in [1.165, 1.54) is 12.1 Å². The first-order chi connectivity index (χ1) is 12.8. The molecule has 0 atom stereocenters. The predicted molar refractivity (Wildman–Crippen MR) is 94.9 cm³/mol. The number of aryl methyl sites for hydroxylation is 2. The molecule has 0 bridgehead atoms. The number of carbonyl (C=O) groups is 1. The van der Waals surface area contributed by atoms with E-state index in [4.69, 9.17) is 0 Å². The van der Waals surface area contributed by atoms with Crippen LogP contribution in [0.1, 0.15) is 23.1 Å². The molecule has 5 nitrogen and oxygen atoms in total. The number of amides is 1. The van der Waals surface area contributed by atoms with Crippen LogP contribution in [0.2, 0.25) is 0 Å². The standard InChI is InChI=1S/C19H23F3N4O/c1-15-12-23-26(13-15)6-5-18(27)25-9-7-24(8-10-25)14-16-3-2-4-17(11-16)19(20,21)22/h2-4,11-13H,5-10,14H2,1H3. The topological polar surface area (TPSA) is 41.4 Å². The molecule has 1 aromatic heterocycles. The van der Waals surface area contributed by atoms with E-state index in [0.717, 1.165) is 11.6 Å². The van der Waals surface area contributed by atoms with Crippen molar-refractivity contribution in [2.45, 2.75) is 32.6 Å². The zero-order valence-electron chi connectivity index (χ0n) is 15.2. The van der Waals surface area contributed by atoms with Gasteiger partial charge in [-0.05, 0) is 24.1 Å². The lowest BCUT2D eigenvalue weighted by atomic mass is 10.1. The number of rotatable bonds is 5. The number of halogens is 3. The van der Waals surface area contributed by atoms with Gasteiger partial charge in [0.25, 0.3) is 0 Å². The Kier molecular flexibility index (Phi) is 5.84. The third-order valence-electron chi connectivity index (χ3n) is 4.70. The van der Waals surface area contributed by atoms with Crippen molar-refractivity contribution in [3.63, 3.8) is 0 Å². The van der Waals surface area contributed by atoms with Gasteiger partial charge in [-0.3, -0.25) is 14.4 Å². The van der Waals surface area contributed by atoms with Crippen LogP contribution in [0, 0.1) is 6.92 Å². The van der Waals surface area contributed by atoms with Crippen LogP contribution >= 0.6 is 0 Å². The molecule has 1 aliphatic rings. The van der Waals surface area contributed by atoms with Gasteiger partial charge < -0.3 is 4.90 Å². The van der Waals surface area contributed by atoms with Gasteiger partial charge >= 0.3 is 6.18 Å². The zero-order chi connectivity index (χ0) is 19.4. The van der Waals surface area contributed by atoms with Crippen LogP contribution < -0.4 is 0 Å². The fourth-order valence-electron chi connectivity index (χ4n) is 3.22. The third kappa shape index (κ3) is 5.32. The summed E-state index contributed by atoms with van der Waals surface area (Å²) in [6, 6.07) is 5.43. The van der Waals surface area contributed by atoms with E-state index in [-0.39, 0.29) is 5.91 Å². The summed E-state index contributed by atoms with van der Waals surface area (Å²) in [5.74, 6) is 0.0851. The highest BCUT2D eigenvalue weighted by molar-refractivity contribution is 5.76. The molecule has 2 aromatic rings. The SMILES string of the molecule is Cc1cnn(CCC(=O)N2CCN(Cc3cccc(C(F)(F)F)c3)CC2)c1. The molecule has 0 radical (unpaired) electrons. The van der Waals surface area contributed by atoms with Crippen LogP contribution in [0.4, 0.5) is 13.2 Å². The molecule has 8 heteroatoms. The predicted octanol–water partition coefficient (Wildman–Crippen LogP) is 2.94. The highest BCUT2D eigenvalue weighted by atomic mass is 19.4. The van der Waals surface area contributed by atoms with Crippen LogP contribution in [0.5, 0.6) is 0 Å². The van der Waals surface area contributed by atoms with Gasteiger partial charge in [0, 0.05) is 51.9 Å². The van der Waals surface area contributed by atoms with Gasteiger partial charge in [0.15, 0.2) is 0 Å². The molecule has 1 aromatic carbocycles. The lowest BCUT2D eigenvalue weighted by molar-refractivity contribution is -0.137. The monoisotopic (exact) mass is 380 g/mol.